The van der Waals surface area contributed by atoms with Gasteiger partial charge >= 0.3 is 0 Å². The van der Waals surface area contributed by atoms with E-state index < -0.39 is 6.10 Å². The number of carbonyl (C=O) groups is 1. The van der Waals surface area contributed by atoms with Crippen molar-refractivity contribution in [3.8, 4) is 17.2 Å². The van der Waals surface area contributed by atoms with Gasteiger partial charge in [-0.15, -0.1) is 0 Å². The molecule has 1 atom stereocenters. The minimum atomic E-state index is -0.412. The van der Waals surface area contributed by atoms with E-state index in [1.165, 1.54) is 24.0 Å². The number of ether oxygens (including phenoxy) is 3. The van der Waals surface area contributed by atoms with E-state index in [0.29, 0.717) is 26.2 Å². The van der Waals surface area contributed by atoms with Gasteiger partial charge in [-0.3, -0.25) is 4.79 Å². The van der Waals surface area contributed by atoms with E-state index >= 15 is 0 Å². The summed E-state index contributed by atoms with van der Waals surface area (Å²) < 4.78 is 17.7. The highest BCUT2D eigenvalue weighted by Gasteiger charge is 2.45. The summed E-state index contributed by atoms with van der Waals surface area (Å²) in [6.45, 7) is 2.56. The van der Waals surface area contributed by atoms with Crippen LogP contribution >= 0.6 is 0 Å². The van der Waals surface area contributed by atoms with Crippen LogP contribution in [0.3, 0.4) is 0 Å². The quantitative estimate of drug-likeness (QED) is 0.745. The zero-order valence-electron chi connectivity index (χ0n) is 16.5. The zero-order chi connectivity index (χ0) is 19.4. The molecule has 4 aliphatic rings. The average Bonchev–Trinajstić information content (AvgIpc) is 3.39. The molecule has 2 aromatic carbocycles. The molecule has 1 spiro atoms. The fourth-order valence-electron chi connectivity index (χ4n) is 5.63. The lowest BCUT2D eigenvalue weighted by molar-refractivity contribution is -0.140. The molecule has 5 heteroatoms. The third kappa shape index (κ3) is 2.70. The van der Waals surface area contributed by atoms with Crippen LogP contribution in [-0.2, 0) is 23.2 Å². The number of benzene rings is 2. The van der Waals surface area contributed by atoms with Gasteiger partial charge in [-0.25, -0.2) is 0 Å². The summed E-state index contributed by atoms with van der Waals surface area (Å²) in [5.41, 5.74) is 3.72. The van der Waals surface area contributed by atoms with E-state index in [-0.39, 0.29) is 11.3 Å². The lowest BCUT2D eigenvalue weighted by Crippen LogP contribution is -2.50. The third-order valence-electron chi connectivity index (χ3n) is 6.99. The van der Waals surface area contributed by atoms with E-state index in [1.54, 1.807) is 0 Å². The summed E-state index contributed by atoms with van der Waals surface area (Å²) in [6, 6.07) is 12.3. The van der Waals surface area contributed by atoms with Crippen LogP contribution in [0.15, 0.2) is 36.4 Å². The van der Waals surface area contributed by atoms with Crippen molar-refractivity contribution >= 4 is 5.91 Å². The number of fused-ring (bicyclic) bond motifs is 4. The Morgan fingerprint density at radius 2 is 1.72 bits per heavy atom. The van der Waals surface area contributed by atoms with Crippen molar-refractivity contribution in [1.29, 1.82) is 0 Å². The normalized spacial score (nSPS) is 23.4. The van der Waals surface area contributed by atoms with Crippen LogP contribution in [0.1, 0.15) is 42.4 Å². The molecule has 6 rings (SSSR count). The van der Waals surface area contributed by atoms with Gasteiger partial charge in [0.15, 0.2) is 17.6 Å². The van der Waals surface area contributed by atoms with Gasteiger partial charge in [0.2, 0.25) is 0 Å². The first-order valence-corrected chi connectivity index (χ1v) is 10.7. The highest BCUT2D eigenvalue weighted by Crippen LogP contribution is 2.49. The molecule has 0 saturated heterocycles. The second kappa shape index (κ2) is 6.41. The van der Waals surface area contributed by atoms with Crippen molar-refractivity contribution in [1.82, 2.24) is 4.90 Å². The molecule has 1 saturated carbocycles. The second-order valence-corrected chi connectivity index (χ2v) is 8.75. The van der Waals surface area contributed by atoms with Crippen LogP contribution in [0.25, 0.3) is 0 Å². The number of hydrogen-bond donors (Lipinski definition) is 0. The van der Waals surface area contributed by atoms with Gasteiger partial charge in [0.05, 0.1) is 0 Å². The van der Waals surface area contributed by atoms with Gasteiger partial charge in [-0.1, -0.05) is 31.0 Å². The molecular weight excluding hydrogens is 366 g/mol. The number of amides is 1. The Morgan fingerprint density at radius 1 is 0.966 bits per heavy atom. The maximum absolute atomic E-state index is 13.5. The van der Waals surface area contributed by atoms with Crippen molar-refractivity contribution < 1.29 is 19.0 Å². The van der Waals surface area contributed by atoms with Crippen molar-refractivity contribution in [2.75, 3.05) is 19.8 Å². The van der Waals surface area contributed by atoms with Crippen LogP contribution in [0, 0.1) is 0 Å². The second-order valence-electron chi connectivity index (χ2n) is 8.75. The first-order chi connectivity index (χ1) is 14.2. The van der Waals surface area contributed by atoms with Crippen LogP contribution in [0.2, 0.25) is 0 Å². The fraction of sp³-hybridized carbons (Fsp3) is 0.458. The summed E-state index contributed by atoms with van der Waals surface area (Å²) >= 11 is 0. The van der Waals surface area contributed by atoms with E-state index in [0.717, 1.165) is 42.2 Å². The smallest absolute Gasteiger partial charge is 0.264 e. The Morgan fingerprint density at radius 3 is 2.52 bits per heavy atom. The van der Waals surface area contributed by atoms with Gasteiger partial charge in [-0.05, 0) is 47.7 Å². The van der Waals surface area contributed by atoms with Crippen LogP contribution in [-0.4, -0.2) is 36.7 Å². The van der Waals surface area contributed by atoms with Gasteiger partial charge in [0.25, 0.3) is 5.91 Å². The van der Waals surface area contributed by atoms with E-state index in [4.69, 9.17) is 14.2 Å². The fourth-order valence-corrected chi connectivity index (χ4v) is 5.63. The lowest BCUT2D eigenvalue weighted by atomic mass is 9.73. The summed E-state index contributed by atoms with van der Waals surface area (Å²) in [5.74, 6) is 2.61. The van der Waals surface area contributed by atoms with E-state index in [2.05, 4.69) is 18.2 Å². The number of carbonyl (C=O) groups excluding carboxylic acids is 1. The third-order valence-corrected chi connectivity index (χ3v) is 6.99. The molecule has 29 heavy (non-hydrogen) atoms. The van der Waals surface area contributed by atoms with E-state index in [9.17, 15) is 4.79 Å². The minimum Gasteiger partial charge on any atom is -0.486 e. The van der Waals surface area contributed by atoms with Gasteiger partial charge in [0.1, 0.15) is 19.0 Å². The molecule has 3 aliphatic heterocycles. The Kier molecular flexibility index (Phi) is 3.80. The molecule has 3 heterocycles. The predicted molar refractivity (Wildman–Crippen MR) is 108 cm³/mol. The molecule has 0 bridgehead atoms. The maximum atomic E-state index is 13.5. The molecule has 0 aromatic heterocycles. The number of rotatable bonds is 1. The Bertz CT molecular complexity index is 954. The molecule has 1 unspecified atom stereocenters. The highest BCUT2D eigenvalue weighted by atomic mass is 16.6. The molecule has 2 aromatic rings. The Labute approximate surface area is 170 Å². The first-order valence-electron chi connectivity index (χ1n) is 10.7. The van der Waals surface area contributed by atoms with Gasteiger partial charge < -0.3 is 19.1 Å². The number of hydrogen-bond acceptors (Lipinski definition) is 4. The molecule has 5 nitrogen and oxygen atoms in total. The molecule has 1 fully saturated rings. The first kappa shape index (κ1) is 17.2. The molecule has 0 radical (unpaired) electrons. The van der Waals surface area contributed by atoms with Crippen LogP contribution in [0.5, 0.6) is 17.2 Å². The van der Waals surface area contributed by atoms with Crippen LogP contribution < -0.4 is 14.2 Å². The van der Waals surface area contributed by atoms with Crippen molar-refractivity contribution in [2.45, 2.75) is 50.2 Å². The Balaban J connectivity index is 1.33. The van der Waals surface area contributed by atoms with Crippen LogP contribution in [0.4, 0.5) is 0 Å². The van der Waals surface area contributed by atoms with Gasteiger partial charge in [-0.2, -0.15) is 0 Å². The summed E-state index contributed by atoms with van der Waals surface area (Å²) in [6.07, 6.45) is 4.91. The zero-order valence-corrected chi connectivity index (χ0v) is 16.5. The number of nitrogens with zero attached hydrogens (tertiary/aromatic N) is 1. The predicted octanol–water partition coefficient (Wildman–Crippen LogP) is 3.62. The van der Waals surface area contributed by atoms with Crippen molar-refractivity contribution in [2.24, 2.45) is 0 Å². The summed E-state index contributed by atoms with van der Waals surface area (Å²) in [7, 11) is 0. The van der Waals surface area contributed by atoms with Crippen molar-refractivity contribution in [3.63, 3.8) is 0 Å². The maximum Gasteiger partial charge on any atom is 0.264 e. The molecule has 0 N–H and O–H groups in total. The SMILES string of the molecule is O=C(C1Cc2ccccc2O1)N1Cc2cc3c(cc2C2(CCCC2)C1)OCCO3. The monoisotopic (exact) mass is 391 g/mol. The summed E-state index contributed by atoms with van der Waals surface area (Å²) in [5, 5.41) is 0. The molecule has 150 valence electrons. The number of para-hydroxylation sites is 1. The largest absolute Gasteiger partial charge is 0.486 e. The van der Waals surface area contributed by atoms with E-state index in [1.807, 2.05) is 23.1 Å². The lowest BCUT2D eigenvalue weighted by Gasteiger charge is -2.43. The molecule has 1 amide bonds. The molecular formula is C24H25NO4. The van der Waals surface area contributed by atoms with Gasteiger partial charge in [0, 0.05) is 24.9 Å². The Hall–Kier alpha value is -2.69. The topological polar surface area (TPSA) is 48.0 Å². The summed E-state index contributed by atoms with van der Waals surface area (Å²) in [4.78, 5) is 15.5. The minimum absolute atomic E-state index is 0.0323. The van der Waals surface area contributed by atoms with Crippen molar-refractivity contribution in [3.05, 3.63) is 53.1 Å². The molecule has 1 aliphatic carbocycles. The average molecular weight is 391 g/mol. The standard InChI is InChI=1S/C24H25NO4/c26-23(22-11-16-5-1-2-6-19(16)29-22)25-14-17-12-20-21(28-10-9-27-20)13-18(17)24(15-25)7-3-4-8-24/h1-2,5-6,12-13,22H,3-4,7-11,14-15H2. The highest BCUT2D eigenvalue weighted by molar-refractivity contribution is 5.83.